The summed E-state index contributed by atoms with van der Waals surface area (Å²) in [6.07, 6.45) is 0.626. The second kappa shape index (κ2) is 5.34. The zero-order chi connectivity index (χ0) is 13.1. The zero-order valence-corrected chi connectivity index (χ0v) is 12.5. The van der Waals surface area contributed by atoms with Gasteiger partial charge in [-0.15, -0.1) is 0 Å². The fourth-order valence-corrected chi connectivity index (χ4v) is 2.47. The van der Waals surface area contributed by atoms with Crippen LogP contribution in [0.15, 0.2) is 30.3 Å². The summed E-state index contributed by atoms with van der Waals surface area (Å²) < 4.78 is 5.53. The van der Waals surface area contributed by atoms with Gasteiger partial charge in [-0.2, -0.15) is 0 Å². The Morgan fingerprint density at radius 3 is 2.18 bits per heavy atom. The molecule has 1 aromatic carbocycles. The molecule has 17 heavy (non-hydrogen) atoms. The Labute approximate surface area is 106 Å². The number of rotatable bonds is 5. The highest BCUT2D eigenvalue weighted by molar-refractivity contribution is 6.78. The van der Waals surface area contributed by atoms with Crippen molar-refractivity contribution in [2.75, 3.05) is 7.11 Å². The Bertz CT molecular complexity index is 341. The molecule has 2 nitrogen and oxygen atoms in total. The van der Waals surface area contributed by atoms with Crippen LogP contribution >= 0.6 is 0 Å². The Balaban J connectivity index is 2.85. The van der Waals surface area contributed by atoms with E-state index in [4.69, 9.17) is 4.74 Å². The van der Waals surface area contributed by atoms with Crippen molar-refractivity contribution in [3.8, 4) is 0 Å². The molecule has 0 spiro atoms. The molecule has 3 heteroatoms. The Kier molecular flexibility index (Phi) is 4.53. The second-order valence-corrected chi connectivity index (χ2v) is 11.4. The molecule has 1 aromatic rings. The summed E-state index contributed by atoms with van der Waals surface area (Å²) in [6.45, 7) is 8.49. The summed E-state index contributed by atoms with van der Waals surface area (Å²) in [5, 5.41) is 9.97. The van der Waals surface area contributed by atoms with Crippen LogP contribution in [0.3, 0.4) is 0 Å². The molecule has 0 aliphatic heterocycles. The molecule has 1 N–H and O–H groups in total. The maximum Gasteiger partial charge on any atom is 0.0845 e. The van der Waals surface area contributed by atoms with Gasteiger partial charge in [-0.05, 0) is 12.5 Å². The van der Waals surface area contributed by atoms with Gasteiger partial charge in [0.25, 0.3) is 0 Å². The molecule has 1 unspecified atom stereocenters. The lowest BCUT2D eigenvalue weighted by atomic mass is 10.0. The van der Waals surface area contributed by atoms with E-state index in [1.165, 1.54) is 0 Å². The van der Waals surface area contributed by atoms with E-state index in [9.17, 15) is 5.11 Å². The first-order valence-corrected chi connectivity index (χ1v) is 9.58. The van der Waals surface area contributed by atoms with Crippen molar-refractivity contribution in [1.29, 1.82) is 0 Å². The number of hydrogen-bond donors (Lipinski definition) is 1. The smallest absolute Gasteiger partial charge is 0.0845 e. The van der Waals surface area contributed by atoms with Gasteiger partial charge in [-0.25, -0.2) is 0 Å². The highest BCUT2D eigenvalue weighted by Gasteiger charge is 2.39. The van der Waals surface area contributed by atoms with E-state index in [1.807, 2.05) is 25.1 Å². The van der Waals surface area contributed by atoms with E-state index >= 15 is 0 Å². The van der Waals surface area contributed by atoms with E-state index in [0.717, 1.165) is 5.56 Å². The third-order valence-corrected chi connectivity index (χ3v) is 7.09. The molecule has 0 aromatic heterocycles. The second-order valence-electron chi connectivity index (χ2n) is 5.86. The zero-order valence-electron chi connectivity index (χ0n) is 11.5. The summed E-state index contributed by atoms with van der Waals surface area (Å²) >= 11 is 0. The maximum absolute atomic E-state index is 10.6. The topological polar surface area (TPSA) is 29.5 Å². The predicted molar refractivity (Wildman–Crippen MR) is 74.8 cm³/mol. The number of benzene rings is 1. The fraction of sp³-hybridized carbons (Fsp3) is 0.571. The van der Waals surface area contributed by atoms with E-state index < -0.39 is 13.3 Å². The van der Waals surface area contributed by atoms with E-state index in [2.05, 4.69) is 31.8 Å². The van der Waals surface area contributed by atoms with Crippen LogP contribution in [-0.2, 0) is 4.74 Å². The van der Waals surface area contributed by atoms with Crippen LogP contribution in [0.25, 0.3) is 0 Å². The van der Waals surface area contributed by atoms with Crippen molar-refractivity contribution in [3.05, 3.63) is 35.9 Å². The molecule has 0 bridgehead atoms. The minimum atomic E-state index is -1.62. The molecule has 0 amide bonds. The summed E-state index contributed by atoms with van der Waals surface area (Å²) in [7, 11) is 0.0851. The van der Waals surface area contributed by atoms with Gasteiger partial charge in [-0.3, -0.25) is 0 Å². The molecule has 1 rings (SSSR count). The first-order valence-electron chi connectivity index (χ1n) is 6.08. The SMILES string of the molecule is COC(C[C@@](C)(O)[Si](C)(C)C)c1ccccc1. The van der Waals surface area contributed by atoms with Gasteiger partial charge in [0, 0.05) is 13.5 Å². The molecule has 0 aliphatic carbocycles. The van der Waals surface area contributed by atoms with Crippen molar-refractivity contribution < 1.29 is 9.84 Å². The quantitative estimate of drug-likeness (QED) is 0.814. The number of aliphatic hydroxyl groups is 1. The van der Waals surface area contributed by atoms with Crippen LogP contribution in [0.1, 0.15) is 25.0 Å². The average Bonchev–Trinajstić information content (AvgIpc) is 2.25. The number of ether oxygens (including phenoxy) is 1. The fourth-order valence-electron chi connectivity index (χ4n) is 1.67. The van der Waals surface area contributed by atoms with Crippen LogP contribution in [0, 0.1) is 0 Å². The van der Waals surface area contributed by atoms with E-state index in [1.54, 1.807) is 7.11 Å². The van der Waals surface area contributed by atoms with Crippen LogP contribution in [0.5, 0.6) is 0 Å². The summed E-state index contributed by atoms with van der Waals surface area (Å²) in [5.74, 6) is 0. The van der Waals surface area contributed by atoms with Crippen molar-refractivity contribution in [2.45, 2.75) is 44.3 Å². The predicted octanol–water partition coefficient (Wildman–Crippen LogP) is 3.39. The maximum atomic E-state index is 10.6. The summed E-state index contributed by atoms with van der Waals surface area (Å²) in [6, 6.07) is 10.1. The number of hydrogen-bond acceptors (Lipinski definition) is 2. The van der Waals surface area contributed by atoms with Crippen LogP contribution in [0.2, 0.25) is 19.6 Å². The molecule has 0 saturated heterocycles. The molecule has 0 aliphatic rings. The van der Waals surface area contributed by atoms with Gasteiger partial charge in [-0.1, -0.05) is 50.0 Å². The molecule has 96 valence electrons. The van der Waals surface area contributed by atoms with E-state index in [0.29, 0.717) is 6.42 Å². The monoisotopic (exact) mass is 252 g/mol. The van der Waals surface area contributed by atoms with Gasteiger partial charge in [0.05, 0.1) is 19.4 Å². The number of methoxy groups -OCH3 is 1. The molecule has 2 atom stereocenters. The molecule has 0 heterocycles. The van der Waals surface area contributed by atoms with Gasteiger partial charge < -0.3 is 9.84 Å². The Morgan fingerprint density at radius 2 is 1.76 bits per heavy atom. The first kappa shape index (κ1) is 14.4. The standard InChI is InChI=1S/C14H24O2Si/c1-14(15,17(3,4)5)11-13(16-2)12-9-7-6-8-10-12/h6-10,13,15H,11H2,1-5H3/t13?,14-/m0/s1. The molecular weight excluding hydrogens is 228 g/mol. The largest absolute Gasteiger partial charge is 0.394 e. The highest BCUT2D eigenvalue weighted by atomic mass is 28.3. The first-order chi connectivity index (χ1) is 7.78. The lowest BCUT2D eigenvalue weighted by Crippen LogP contribution is -2.50. The van der Waals surface area contributed by atoms with Gasteiger partial charge in [0.1, 0.15) is 0 Å². The third kappa shape index (κ3) is 3.66. The molecule has 0 fully saturated rings. The van der Waals surface area contributed by atoms with Gasteiger partial charge in [0.15, 0.2) is 0 Å². The van der Waals surface area contributed by atoms with Gasteiger partial charge in [0.2, 0.25) is 0 Å². The minimum absolute atomic E-state index is 0.0297. The van der Waals surface area contributed by atoms with Crippen molar-refractivity contribution in [3.63, 3.8) is 0 Å². The normalized spacial score (nSPS) is 17.5. The van der Waals surface area contributed by atoms with Crippen LogP contribution in [-0.4, -0.2) is 25.5 Å². The van der Waals surface area contributed by atoms with Crippen molar-refractivity contribution in [1.82, 2.24) is 0 Å². The highest BCUT2D eigenvalue weighted by Crippen LogP contribution is 2.32. The van der Waals surface area contributed by atoms with Gasteiger partial charge >= 0.3 is 0 Å². The minimum Gasteiger partial charge on any atom is -0.394 e. The van der Waals surface area contributed by atoms with Crippen LogP contribution < -0.4 is 0 Å². The Hall–Kier alpha value is -0.643. The lowest BCUT2D eigenvalue weighted by molar-refractivity contribution is 0.0269. The Morgan fingerprint density at radius 1 is 1.24 bits per heavy atom. The van der Waals surface area contributed by atoms with Crippen LogP contribution in [0.4, 0.5) is 0 Å². The van der Waals surface area contributed by atoms with Crippen molar-refractivity contribution >= 4 is 8.07 Å². The average molecular weight is 252 g/mol. The third-order valence-electron chi connectivity index (χ3n) is 3.65. The molecule has 0 saturated carbocycles. The summed E-state index contributed by atoms with van der Waals surface area (Å²) in [4.78, 5) is 0. The lowest BCUT2D eigenvalue weighted by Gasteiger charge is -2.38. The molecule has 0 radical (unpaired) electrons. The van der Waals surface area contributed by atoms with Crippen molar-refractivity contribution in [2.24, 2.45) is 0 Å². The summed E-state index contributed by atoms with van der Waals surface area (Å²) in [5.41, 5.74) is 1.13. The van der Waals surface area contributed by atoms with E-state index in [-0.39, 0.29) is 6.10 Å². The molecular formula is C14H24O2Si.